The number of hydrogen-bond donors (Lipinski definition) is 1. The van der Waals surface area contributed by atoms with Crippen LogP contribution < -0.4 is 10.9 Å². The number of nitrogens with zero attached hydrogens (tertiary/aromatic N) is 2. The topological polar surface area (TPSA) is 64.0 Å². The summed E-state index contributed by atoms with van der Waals surface area (Å²) >= 11 is 0. The minimum absolute atomic E-state index is 0.157. The Morgan fingerprint density at radius 1 is 1.18 bits per heavy atom. The van der Waals surface area contributed by atoms with Crippen LogP contribution in [0.2, 0.25) is 0 Å². The van der Waals surface area contributed by atoms with Gasteiger partial charge in [0.2, 0.25) is 0 Å². The molecular formula is C17H19N3O2. The summed E-state index contributed by atoms with van der Waals surface area (Å²) in [5, 5.41) is 8.56. The van der Waals surface area contributed by atoms with Crippen molar-refractivity contribution in [2.24, 2.45) is 18.9 Å². The van der Waals surface area contributed by atoms with E-state index in [1.807, 2.05) is 12.1 Å². The molecule has 2 saturated carbocycles. The lowest BCUT2D eigenvalue weighted by Gasteiger charge is -2.18. The number of carbonyl (C=O) groups is 1. The third-order valence-corrected chi connectivity index (χ3v) is 4.73. The van der Waals surface area contributed by atoms with Gasteiger partial charge in [-0.3, -0.25) is 9.59 Å². The van der Waals surface area contributed by atoms with E-state index in [2.05, 4.69) is 10.4 Å². The lowest BCUT2D eigenvalue weighted by atomic mass is 10.1. The maximum atomic E-state index is 12.7. The highest BCUT2D eigenvalue weighted by atomic mass is 16.2. The molecule has 0 radical (unpaired) electrons. The van der Waals surface area contributed by atoms with E-state index in [-0.39, 0.29) is 17.5 Å². The minimum Gasteiger partial charge on any atom is -0.347 e. The highest BCUT2D eigenvalue weighted by Crippen LogP contribution is 2.44. The number of nitrogens with one attached hydrogen (secondary N) is 1. The molecule has 2 aromatic rings. The van der Waals surface area contributed by atoms with Crippen molar-refractivity contribution in [1.82, 2.24) is 15.1 Å². The van der Waals surface area contributed by atoms with Crippen LogP contribution in [0.25, 0.3) is 10.8 Å². The predicted molar refractivity (Wildman–Crippen MR) is 83.7 cm³/mol. The van der Waals surface area contributed by atoms with E-state index in [0.29, 0.717) is 28.3 Å². The Hall–Kier alpha value is -2.17. The molecule has 2 aliphatic carbocycles. The van der Waals surface area contributed by atoms with Gasteiger partial charge in [0.15, 0.2) is 5.69 Å². The Morgan fingerprint density at radius 3 is 2.36 bits per heavy atom. The maximum absolute atomic E-state index is 12.7. The first-order valence-electron chi connectivity index (χ1n) is 7.92. The van der Waals surface area contributed by atoms with Crippen LogP contribution in [0.1, 0.15) is 36.2 Å². The molecular weight excluding hydrogens is 278 g/mol. The molecule has 1 aromatic heterocycles. The number of aryl methyl sites for hydroxylation is 1. The van der Waals surface area contributed by atoms with Crippen LogP contribution in [0.3, 0.4) is 0 Å². The van der Waals surface area contributed by atoms with Gasteiger partial charge in [-0.2, -0.15) is 5.10 Å². The van der Waals surface area contributed by atoms with Crippen LogP contribution in [0.15, 0.2) is 29.1 Å². The molecule has 2 fully saturated rings. The first kappa shape index (κ1) is 13.5. The fourth-order valence-electron chi connectivity index (χ4n) is 3.22. The summed E-state index contributed by atoms with van der Waals surface area (Å²) in [6.07, 6.45) is 4.84. The first-order chi connectivity index (χ1) is 10.6. The van der Waals surface area contributed by atoms with Crippen molar-refractivity contribution in [2.45, 2.75) is 31.7 Å². The van der Waals surface area contributed by atoms with Crippen molar-refractivity contribution in [1.29, 1.82) is 0 Å². The van der Waals surface area contributed by atoms with Crippen LogP contribution in [0.5, 0.6) is 0 Å². The van der Waals surface area contributed by atoms with E-state index < -0.39 is 0 Å². The maximum Gasteiger partial charge on any atom is 0.274 e. The molecule has 0 atom stereocenters. The third-order valence-electron chi connectivity index (χ3n) is 4.73. The highest BCUT2D eigenvalue weighted by Gasteiger charge is 2.42. The van der Waals surface area contributed by atoms with E-state index in [9.17, 15) is 9.59 Å². The Bertz CT molecular complexity index is 791. The number of carbonyl (C=O) groups excluding carboxylic acids is 1. The third kappa shape index (κ3) is 2.30. The van der Waals surface area contributed by atoms with Gasteiger partial charge in [0, 0.05) is 18.5 Å². The fourth-order valence-corrected chi connectivity index (χ4v) is 3.22. The molecule has 0 bridgehead atoms. The van der Waals surface area contributed by atoms with E-state index >= 15 is 0 Å². The normalized spacial score (nSPS) is 17.9. The van der Waals surface area contributed by atoms with Gasteiger partial charge in [0.25, 0.3) is 11.5 Å². The number of hydrogen-bond acceptors (Lipinski definition) is 3. The summed E-state index contributed by atoms with van der Waals surface area (Å²) < 4.78 is 1.25. The van der Waals surface area contributed by atoms with Crippen molar-refractivity contribution in [3.05, 3.63) is 40.3 Å². The quantitative estimate of drug-likeness (QED) is 0.936. The lowest BCUT2D eigenvalue weighted by Crippen LogP contribution is -2.39. The zero-order valence-electron chi connectivity index (χ0n) is 12.6. The number of amides is 1. The molecule has 1 N–H and O–H groups in total. The van der Waals surface area contributed by atoms with Gasteiger partial charge in [0.1, 0.15) is 0 Å². The average molecular weight is 297 g/mol. The van der Waals surface area contributed by atoms with Crippen LogP contribution in [-0.2, 0) is 7.05 Å². The highest BCUT2D eigenvalue weighted by molar-refractivity contribution is 6.04. The summed E-state index contributed by atoms with van der Waals surface area (Å²) in [4.78, 5) is 24.8. The number of rotatable bonds is 4. The smallest absolute Gasteiger partial charge is 0.274 e. The molecule has 114 valence electrons. The molecule has 0 saturated heterocycles. The van der Waals surface area contributed by atoms with Crippen LogP contribution in [0, 0.1) is 11.8 Å². The van der Waals surface area contributed by atoms with Gasteiger partial charge in [-0.25, -0.2) is 4.68 Å². The van der Waals surface area contributed by atoms with E-state index in [1.165, 1.54) is 30.4 Å². The van der Waals surface area contributed by atoms with Crippen molar-refractivity contribution >= 4 is 16.7 Å². The molecule has 1 heterocycles. The van der Waals surface area contributed by atoms with E-state index in [0.717, 1.165) is 0 Å². The van der Waals surface area contributed by atoms with Crippen molar-refractivity contribution in [2.75, 3.05) is 0 Å². The van der Waals surface area contributed by atoms with Gasteiger partial charge in [-0.1, -0.05) is 18.2 Å². The zero-order valence-corrected chi connectivity index (χ0v) is 12.6. The summed E-state index contributed by atoms with van der Waals surface area (Å²) in [5.74, 6) is 1.11. The molecule has 2 aliphatic rings. The first-order valence-corrected chi connectivity index (χ1v) is 7.92. The molecule has 0 aliphatic heterocycles. The molecule has 1 amide bonds. The van der Waals surface area contributed by atoms with E-state index in [4.69, 9.17) is 0 Å². The average Bonchev–Trinajstić information content (AvgIpc) is 3.40. The Morgan fingerprint density at radius 2 is 1.77 bits per heavy atom. The summed E-state index contributed by atoms with van der Waals surface area (Å²) in [6.45, 7) is 0. The SMILES string of the molecule is Cn1nc(C(=O)NC(C2CC2)C2CC2)c2ccccc2c1=O. The van der Waals surface area contributed by atoms with Crippen LogP contribution in [0.4, 0.5) is 0 Å². The molecule has 0 unspecified atom stereocenters. The number of aromatic nitrogens is 2. The second kappa shape index (κ2) is 4.93. The number of fused-ring (bicyclic) bond motifs is 1. The van der Waals surface area contributed by atoms with Crippen LogP contribution in [-0.4, -0.2) is 21.7 Å². The van der Waals surface area contributed by atoms with E-state index in [1.54, 1.807) is 19.2 Å². The largest absolute Gasteiger partial charge is 0.347 e. The number of benzene rings is 1. The molecule has 4 rings (SSSR count). The molecule has 1 aromatic carbocycles. The molecule has 5 heteroatoms. The van der Waals surface area contributed by atoms with Crippen molar-refractivity contribution in [3.8, 4) is 0 Å². The monoisotopic (exact) mass is 297 g/mol. The summed E-state index contributed by atoms with van der Waals surface area (Å²) in [6, 6.07) is 7.46. The Labute approximate surface area is 128 Å². The second-order valence-corrected chi connectivity index (χ2v) is 6.50. The van der Waals surface area contributed by atoms with Gasteiger partial charge >= 0.3 is 0 Å². The standard InChI is InChI=1S/C17H19N3O2/c1-20-17(22)13-5-3-2-4-12(13)15(19-20)16(21)18-14(10-6-7-10)11-8-9-11/h2-5,10-11,14H,6-9H2,1H3,(H,18,21). The molecule has 0 spiro atoms. The van der Waals surface area contributed by atoms with Gasteiger partial charge in [0.05, 0.1) is 5.39 Å². The Balaban J connectivity index is 1.72. The molecule has 5 nitrogen and oxygen atoms in total. The second-order valence-electron chi connectivity index (χ2n) is 6.50. The zero-order chi connectivity index (χ0) is 15.3. The lowest BCUT2D eigenvalue weighted by molar-refractivity contribution is 0.0921. The summed E-state index contributed by atoms with van der Waals surface area (Å²) in [5.41, 5.74) is 0.178. The van der Waals surface area contributed by atoms with Crippen molar-refractivity contribution < 1.29 is 4.79 Å². The Kier molecular flexibility index (Phi) is 3.03. The van der Waals surface area contributed by atoms with Crippen LogP contribution >= 0.6 is 0 Å². The van der Waals surface area contributed by atoms with Crippen molar-refractivity contribution in [3.63, 3.8) is 0 Å². The van der Waals surface area contributed by atoms with Gasteiger partial charge < -0.3 is 5.32 Å². The van der Waals surface area contributed by atoms with Gasteiger partial charge in [-0.15, -0.1) is 0 Å². The minimum atomic E-state index is -0.173. The van der Waals surface area contributed by atoms with Gasteiger partial charge in [-0.05, 0) is 43.6 Å². The summed E-state index contributed by atoms with van der Waals surface area (Å²) in [7, 11) is 1.59. The predicted octanol–water partition coefficient (Wildman–Crippen LogP) is 1.85. The fraction of sp³-hybridized carbons (Fsp3) is 0.471. The molecule has 22 heavy (non-hydrogen) atoms.